The van der Waals surface area contributed by atoms with Crippen LogP contribution in [0.3, 0.4) is 0 Å². The fraction of sp³-hybridized carbons (Fsp3) is 0.200. The highest BCUT2D eigenvalue weighted by Gasteiger charge is 2.23. The van der Waals surface area contributed by atoms with Crippen LogP contribution in [0.25, 0.3) is 21.6 Å². The van der Waals surface area contributed by atoms with Crippen molar-refractivity contribution in [2.45, 2.75) is 40.0 Å². The average Bonchev–Trinajstić information content (AvgIpc) is 3.56. The van der Waals surface area contributed by atoms with Gasteiger partial charge in [-0.15, -0.1) is 22.7 Å². The Kier molecular flexibility index (Phi) is 6.20. The van der Waals surface area contributed by atoms with E-state index >= 15 is 0 Å². The van der Waals surface area contributed by atoms with Crippen LogP contribution in [0.2, 0.25) is 0 Å². The smallest absolute Gasteiger partial charge is 0.233 e. The molecule has 2 aromatic carbocycles. The van der Waals surface area contributed by atoms with Gasteiger partial charge >= 0.3 is 0 Å². The molecular weight excluding hydrogens is 456 g/mol. The van der Waals surface area contributed by atoms with Crippen LogP contribution in [-0.4, -0.2) is 11.6 Å². The Morgan fingerprint density at radius 1 is 0.735 bits per heavy atom. The van der Waals surface area contributed by atoms with Crippen LogP contribution in [0, 0.1) is 20.8 Å². The minimum atomic E-state index is -0.470. The molecule has 0 atom stereocenters. The molecule has 170 valence electrons. The van der Waals surface area contributed by atoms with Gasteiger partial charge in [-0.3, -0.25) is 9.59 Å². The summed E-state index contributed by atoms with van der Waals surface area (Å²) in [6.45, 7) is 6.61. The number of hydrogen-bond donors (Lipinski definition) is 0. The first-order valence-corrected chi connectivity index (χ1v) is 13.2. The summed E-state index contributed by atoms with van der Waals surface area (Å²) >= 11 is 3.71. The molecule has 2 aromatic heterocycles. The molecule has 4 aromatic rings. The molecular formula is C30H26O2S2. The third-order valence-electron chi connectivity index (χ3n) is 6.45. The lowest BCUT2D eigenvalue weighted by Crippen LogP contribution is -2.14. The van der Waals surface area contributed by atoms with Crippen LogP contribution in [0.4, 0.5) is 0 Å². The van der Waals surface area contributed by atoms with Gasteiger partial charge in [0.1, 0.15) is 0 Å². The lowest BCUT2D eigenvalue weighted by molar-refractivity contribution is 0.0817. The first kappa shape index (κ1) is 22.7. The molecule has 0 unspecified atom stereocenters. The second-order valence-corrected chi connectivity index (χ2v) is 11.4. The fourth-order valence-electron chi connectivity index (χ4n) is 4.79. The van der Waals surface area contributed by atoms with Crippen LogP contribution in [0.15, 0.2) is 66.7 Å². The predicted octanol–water partition coefficient (Wildman–Crippen LogP) is 8.56. The third kappa shape index (κ3) is 4.24. The normalized spacial score (nSPS) is 13.5. The number of carbonyl (C=O) groups is 2. The first-order chi connectivity index (χ1) is 16.4. The molecule has 2 heterocycles. The molecule has 4 heteroatoms. The van der Waals surface area contributed by atoms with Crippen molar-refractivity contribution in [3.8, 4) is 10.4 Å². The summed E-state index contributed by atoms with van der Waals surface area (Å²) in [6, 6.07) is 20.8. The van der Waals surface area contributed by atoms with Gasteiger partial charge in [0.05, 0.1) is 0 Å². The molecule has 0 saturated heterocycles. The topological polar surface area (TPSA) is 34.1 Å². The number of hydrogen-bond acceptors (Lipinski definition) is 4. The molecule has 0 radical (unpaired) electrons. The van der Waals surface area contributed by atoms with Crippen LogP contribution in [0.5, 0.6) is 0 Å². The van der Waals surface area contributed by atoms with Gasteiger partial charge in [-0.05, 0) is 80.0 Å². The van der Waals surface area contributed by atoms with E-state index in [0.29, 0.717) is 11.1 Å². The van der Waals surface area contributed by atoms with Crippen LogP contribution >= 0.6 is 22.7 Å². The molecule has 0 fully saturated rings. The Bertz CT molecular complexity index is 1420. The number of thiophene rings is 2. The standard InChI is InChI=1S/C30H26O2S2/c1-18-16-19(2)33-30(18)25-11-7-10-24(25)26-17-27(34-20(26)3)21-12-14-23(15-13-21)29(32)28(31)22-8-5-4-6-9-22/h4-6,8-9,12-17H,7,10-11H2,1-3H3. The van der Waals surface area contributed by atoms with E-state index in [1.165, 1.54) is 48.2 Å². The van der Waals surface area contributed by atoms with E-state index in [1.807, 2.05) is 29.5 Å². The summed E-state index contributed by atoms with van der Waals surface area (Å²) in [5.74, 6) is -0.939. The van der Waals surface area contributed by atoms with Crippen molar-refractivity contribution < 1.29 is 9.59 Å². The molecule has 2 nitrogen and oxygen atoms in total. The average molecular weight is 483 g/mol. The SMILES string of the molecule is Cc1cc(C)c(C2=C(c3cc(-c4ccc(C(=O)C(=O)c5ccccc5)cc4)sc3C)CCC2)s1. The molecule has 0 amide bonds. The zero-order valence-electron chi connectivity index (χ0n) is 19.6. The summed E-state index contributed by atoms with van der Waals surface area (Å²) in [6.07, 6.45) is 3.47. The van der Waals surface area contributed by atoms with Gasteiger partial charge < -0.3 is 0 Å². The maximum absolute atomic E-state index is 12.7. The van der Waals surface area contributed by atoms with Gasteiger partial charge in [0, 0.05) is 30.6 Å². The third-order valence-corrected chi connectivity index (χ3v) is 8.76. The zero-order chi connectivity index (χ0) is 23.8. The second-order valence-electron chi connectivity index (χ2n) is 8.86. The van der Waals surface area contributed by atoms with Crippen molar-refractivity contribution in [2.24, 2.45) is 0 Å². The molecule has 0 N–H and O–H groups in total. The summed E-state index contributed by atoms with van der Waals surface area (Å²) in [7, 11) is 0. The maximum Gasteiger partial charge on any atom is 0.233 e. The number of aryl methyl sites for hydroxylation is 3. The molecule has 0 spiro atoms. The summed E-state index contributed by atoms with van der Waals surface area (Å²) in [5, 5.41) is 0. The van der Waals surface area contributed by atoms with Crippen molar-refractivity contribution in [2.75, 3.05) is 0 Å². The number of allylic oxidation sites excluding steroid dienone is 2. The maximum atomic E-state index is 12.7. The fourth-order valence-corrected chi connectivity index (χ4v) is 6.97. The minimum Gasteiger partial charge on any atom is -0.285 e. The quantitative estimate of drug-likeness (QED) is 0.204. The molecule has 1 aliphatic carbocycles. The van der Waals surface area contributed by atoms with Gasteiger partial charge in [-0.1, -0.05) is 54.6 Å². The largest absolute Gasteiger partial charge is 0.285 e. The highest BCUT2D eigenvalue weighted by atomic mass is 32.1. The van der Waals surface area contributed by atoms with Crippen molar-refractivity contribution in [3.63, 3.8) is 0 Å². The van der Waals surface area contributed by atoms with Gasteiger partial charge in [-0.2, -0.15) is 0 Å². The van der Waals surface area contributed by atoms with Crippen molar-refractivity contribution in [3.05, 3.63) is 104 Å². The summed E-state index contributed by atoms with van der Waals surface area (Å²) in [4.78, 5) is 30.5. The summed E-state index contributed by atoms with van der Waals surface area (Å²) in [5.41, 5.74) is 7.68. The van der Waals surface area contributed by atoms with Gasteiger partial charge in [0.15, 0.2) is 0 Å². The van der Waals surface area contributed by atoms with Crippen molar-refractivity contribution in [1.82, 2.24) is 0 Å². The molecule has 0 aliphatic heterocycles. The van der Waals surface area contributed by atoms with Crippen LogP contribution in [-0.2, 0) is 0 Å². The number of benzene rings is 2. The van der Waals surface area contributed by atoms with E-state index in [1.54, 1.807) is 47.7 Å². The lowest BCUT2D eigenvalue weighted by atomic mass is 9.98. The van der Waals surface area contributed by atoms with E-state index in [4.69, 9.17) is 0 Å². The van der Waals surface area contributed by atoms with E-state index in [9.17, 15) is 9.59 Å². The molecule has 0 saturated carbocycles. The Morgan fingerprint density at radius 3 is 2.03 bits per heavy atom. The molecule has 5 rings (SSSR count). The van der Waals surface area contributed by atoms with Crippen LogP contribution < -0.4 is 0 Å². The minimum absolute atomic E-state index is 0.423. The van der Waals surface area contributed by atoms with Gasteiger partial charge in [0.25, 0.3) is 0 Å². The van der Waals surface area contributed by atoms with E-state index in [0.717, 1.165) is 18.4 Å². The van der Waals surface area contributed by atoms with Crippen LogP contribution in [0.1, 0.15) is 65.7 Å². The van der Waals surface area contributed by atoms with Gasteiger partial charge in [-0.25, -0.2) is 0 Å². The molecule has 0 bridgehead atoms. The monoisotopic (exact) mass is 482 g/mol. The number of rotatable bonds is 6. The van der Waals surface area contributed by atoms with Gasteiger partial charge in [0.2, 0.25) is 11.6 Å². The first-order valence-electron chi connectivity index (χ1n) is 11.6. The van der Waals surface area contributed by atoms with E-state index < -0.39 is 11.6 Å². The Morgan fingerprint density at radius 2 is 1.38 bits per heavy atom. The Hall–Kier alpha value is -3.08. The van der Waals surface area contributed by atoms with Crippen molar-refractivity contribution in [1.29, 1.82) is 0 Å². The Labute approximate surface area is 208 Å². The number of ketones is 2. The number of carbonyl (C=O) groups excluding carboxylic acids is 2. The molecule has 1 aliphatic rings. The Balaban J connectivity index is 1.43. The second kappa shape index (κ2) is 9.28. The summed E-state index contributed by atoms with van der Waals surface area (Å²) < 4.78 is 0. The molecule has 34 heavy (non-hydrogen) atoms. The lowest BCUT2D eigenvalue weighted by Gasteiger charge is -2.07. The predicted molar refractivity (Wildman–Crippen MR) is 144 cm³/mol. The van der Waals surface area contributed by atoms with E-state index in [2.05, 4.69) is 32.9 Å². The highest BCUT2D eigenvalue weighted by Crippen LogP contribution is 2.46. The zero-order valence-corrected chi connectivity index (χ0v) is 21.2. The van der Waals surface area contributed by atoms with E-state index in [-0.39, 0.29) is 0 Å². The highest BCUT2D eigenvalue weighted by molar-refractivity contribution is 7.15. The number of Topliss-reactive ketones (excluding diaryl/α,β-unsaturated/α-hetero) is 2. The van der Waals surface area contributed by atoms with Crippen molar-refractivity contribution >= 4 is 45.4 Å².